The Morgan fingerprint density at radius 2 is 2.00 bits per heavy atom. The van der Waals surface area contributed by atoms with Crippen LogP contribution in [0.25, 0.3) is 0 Å². The second kappa shape index (κ2) is 6.29. The molecule has 2 N–H and O–H groups in total. The third-order valence-electron chi connectivity index (χ3n) is 2.93. The third kappa shape index (κ3) is 3.32. The van der Waals surface area contributed by atoms with Crippen LogP contribution in [0, 0.1) is 0 Å². The van der Waals surface area contributed by atoms with E-state index in [2.05, 4.69) is 15.9 Å². The van der Waals surface area contributed by atoms with Gasteiger partial charge in [0, 0.05) is 28.8 Å². The number of hydrogen-bond acceptors (Lipinski definition) is 2. The molecule has 2 aromatic carbocycles. The van der Waals surface area contributed by atoms with Crippen molar-refractivity contribution in [3.63, 3.8) is 0 Å². The summed E-state index contributed by atoms with van der Waals surface area (Å²) < 4.78 is 0.725. The zero-order chi connectivity index (χ0) is 14.7. The number of nitrogens with zero attached hydrogens (tertiary/aromatic N) is 1. The van der Waals surface area contributed by atoms with Crippen molar-refractivity contribution in [1.29, 1.82) is 0 Å². The second-order valence-electron chi connectivity index (χ2n) is 4.49. The van der Waals surface area contributed by atoms with Crippen LogP contribution in [0.3, 0.4) is 0 Å². The Labute approximate surface area is 131 Å². The molecule has 2 rings (SSSR count). The predicted octanol–water partition coefficient (Wildman–Crippen LogP) is 3.96. The Bertz CT molecular complexity index is 646. The highest BCUT2D eigenvalue weighted by atomic mass is 79.9. The van der Waals surface area contributed by atoms with E-state index in [0.29, 0.717) is 22.8 Å². The molecule has 5 heteroatoms. The van der Waals surface area contributed by atoms with Crippen LogP contribution >= 0.6 is 27.5 Å². The SMILES string of the molecule is CN(Cc1ccccc1Cl)C(=O)c1cc(N)ccc1Br. The number of benzene rings is 2. The van der Waals surface area contributed by atoms with Gasteiger partial charge in [-0.2, -0.15) is 0 Å². The topological polar surface area (TPSA) is 46.3 Å². The maximum absolute atomic E-state index is 12.4. The van der Waals surface area contributed by atoms with E-state index < -0.39 is 0 Å². The molecular weight excluding hydrogens is 340 g/mol. The highest BCUT2D eigenvalue weighted by molar-refractivity contribution is 9.10. The Kier molecular flexibility index (Phi) is 4.68. The summed E-state index contributed by atoms with van der Waals surface area (Å²) in [5.74, 6) is -0.107. The monoisotopic (exact) mass is 352 g/mol. The zero-order valence-electron chi connectivity index (χ0n) is 10.9. The smallest absolute Gasteiger partial charge is 0.255 e. The van der Waals surface area contributed by atoms with Crippen molar-refractivity contribution >= 4 is 39.1 Å². The molecule has 0 aromatic heterocycles. The zero-order valence-corrected chi connectivity index (χ0v) is 13.3. The minimum Gasteiger partial charge on any atom is -0.399 e. The van der Waals surface area contributed by atoms with Gasteiger partial charge in [-0.15, -0.1) is 0 Å². The minimum atomic E-state index is -0.107. The van der Waals surface area contributed by atoms with Crippen LogP contribution in [-0.4, -0.2) is 17.9 Å². The fourth-order valence-corrected chi connectivity index (χ4v) is 2.48. The van der Waals surface area contributed by atoms with Crippen LogP contribution in [0.5, 0.6) is 0 Å². The van der Waals surface area contributed by atoms with Crippen LogP contribution in [0.1, 0.15) is 15.9 Å². The number of nitrogen functional groups attached to an aromatic ring is 1. The van der Waals surface area contributed by atoms with Gasteiger partial charge in [-0.05, 0) is 45.8 Å². The number of hydrogen-bond donors (Lipinski definition) is 1. The molecule has 0 bridgehead atoms. The van der Waals surface area contributed by atoms with E-state index >= 15 is 0 Å². The van der Waals surface area contributed by atoms with E-state index in [1.54, 1.807) is 30.1 Å². The van der Waals surface area contributed by atoms with Gasteiger partial charge in [-0.25, -0.2) is 0 Å². The predicted molar refractivity (Wildman–Crippen MR) is 85.8 cm³/mol. The Hall–Kier alpha value is -1.52. The van der Waals surface area contributed by atoms with Gasteiger partial charge in [0.15, 0.2) is 0 Å². The van der Waals surface area contributed by atoms with E-state index in [1.165, 1.54) is 0 Å². The minimum absolute atomic E-state index is 0.107. The van der Waals surface area contributed by atoms with Crippen molar-refractivity contribution in [1.82, 2.24) is 4.90 Å². The molecule has 0 fully saturated rings. The molecule has 2 aromatic rings. The molecule has 0 aliphatic rings. The average Bonchev–Trinajstić information content (AvgIpc) is 2.43. The van der Waals surface area contributed by atoms with Gasteiger partial charge in [0.05, 0.1) is 5.56 Å². The van der Waals surface area contributed by atoms with Crippen molar-refractivity contribution in [3.05, 3.63) is 63.1 Å². The van der Waals surface area contributed by atoms with Gasteiger partial charge in [0.1, 0.15) is 0 Å². The lowest BCUT2D eigenvalue weighted by Crippen LogP contribution is -2.26. The molecule has 0 aliphatic heterocycles. The molecule has 0 atom stereocenters. The van der Waals surface area contributed by atoms with E-state index in [1.807, 2.05) is 24.3 Å². The summed E-state index contributed by atoms with van der Waals surface area (Å²) in [5, 5.41) is 0.652. The van der Waals surface area contributed by atoms with Crippen LogP contribution in [-0.2, 0) is 6.54 Å². The third-order valence-corrected chi connectivity index (χ3v) is 3.99. The van der Waals surface area contributed by atoms with E-state index in [0.717, 1.165) is 10.0 Å². The highest BCUT2D eigenvalue weighted by Crippen LogP contribution is 2.22. The summed E-state index contributed by atoms with van der Waals surface area (Å²) in [6.45, 7) is 0.444. The van der Waals surface area contributed by atoms with Crippen LogP contribution in [0.15, 0.2) is 46.9 Å². The Morgan fingerprint density at radius 1 is 1.30 bits per heavy atom. The lowest BCUT2D eigenvalue weighted by molar-refractivity contribution is 0.0784. The fraction of sp³-hybridized carbons (Fsp3) is 0.133. The first-order valence-corrected chi connectivity index (χ1v) is 7.20. The summed E-state index contributed by atoms with van der Waals surface area (Å²) in [4.78, 5) is 14.0. The van der Waals surface area contributed by atoms with E-state index in [4.69, 9.17) is 17.3 Å². The van der Waals surface area contributed by atoms with Crippen LogP contribution < -0.4 is 5.73 Å². The van der Waals surface area contributed by atoms with Crippen molar-refractivity contribution in [2.45, 2.75) is 6.54 Å². The Balaban J connectivity index is 2.21. The van der Waals surface area contributed by atoms with Gasteiger partial charge in [-0.3, -0.25) is 4.79 Å². The summed E-state index contributed by atoms with van der Waals surface area (Å²) in [7, 11) is 1.74. The second-order valence-corrected chi connectivity index (χ2v) is 5.75. The van der Waals surface area contributed by atoms with Crippen molar-refractivity contribution in [3.8, 4) is 0 Å². The first-order valence-electron chi connectivity index (χ1n) is 6.03. The number of carbonyl (C=O) groups is 1. The van der Waals surface area contributed by atoms with Crippen molar-refractivity contribution < 1.29 is 4.79 Å². The molecule has 0 unspecified atom stereocenters. The van der Waals surface area contributed by atoms with Gasteiger partial charge < -0.3 is 10.6 Å². The van der Waals surface area contributed by atoms with E-state index in [9.17, 15) is 4.79 Å². The Morgan fingerprint density at radius 3 is 2.70 bits per heavy atom. The van der Waals surface area contributed by atoms with Crippen molar-refractivity contribution in [2.75, 3.05) is 12.8 Å². The molecule has 0 heterocycles. The normalized spacial score (nSPS) is 10.3. The number of anilines is 1. The summed E-state index contributed by atoms with van der Waals surface area (Å²) in [6.07, 6.45) is 0. The number of rotatable bonds is 3. The highest BCUT2D eigenvalue weighted by Gasteiger charge is 2.16. The summed E-state index contributed by atoms with van der Waals surface area (Å²) in [6, 6.07) is 12.7. The molecule has 0 aliphatic carbocycles. The molecule has 1 amide bonds. The number of amides is 1. The lowest BCUT2D eigenvalue weighted by Gasteiger charge is -2.19. The van der Waals surface area contributed by atoms with E-state index in [-0.39, 0.29) is 5.91 Å². The average molecular weight is 354 g/mol. The lowest BCUT2D eigenvalue weighted by atomic mass is 10.1. The number of carbonyl (C=O) groups excluding carboxylic acids is 1. The van der Waals surface area contributed by atoms with Gasteiger partial charge in [0.25, 0.3) is 5.91 Å². The number of nitrogens with two attached hydrogens (primary N) is 1. The first-order chi connectivity index (χ1) is 9.49. The molecule has 104 valence electrons. The standard InChI is InChI=1S/C15H14BrClN2O/c1-19(9-10-4-2-3-5-14(10)17)15(20)12-8-11(18)6-7-13(12)16/h2-8H,9,18H2,1H3. The quantitative estimate of drug-likeness (QED) is 0.849. The maximum atomic E-state index is 12.4. The molecule has 0 radical (unpaired) electrons. The molecule has 0 spiro atoms. The van der Waals surface area contributed by atoms with Gasteiger partial charge >= 0.3 is 0 Å². The summed E-state index contributed by atoms with van der Waals surface area (Å²) in [5.41, 5.74) is 7.74. The van der Waals surface area contributed by atoms with Crippen molar-refractivity contribution in [2.24, 2.45) is 0 Å². The molecular formula is C15H14BrClN2O. The largest absolute Gasteiger partial charge is 0.399 e. The molecule has 20 heavy (non-hydrogen) atoms. The molecule has 0 saturated carbocycles. The first kappa shape index (κ1) is 14.9. The van der Waals surface area contributed by atoms with Gasteiger partial charge in [0.2, 0.25) is 0 Å². The maximum Gasteiger partial charge on any atom is 0.255 e. The number of halogens is 2. The fourth-order valence-electron chi connectivity index (χ4n) is 1.87. The van der Waals surface area contributed by atoms with Crippen LogP contribution in [0.2, 0.25) is 5.02 Å². The molecule has 3 nitrogen and oxygen atoms in total. The molecule has 0 saturated heterocycles. The summed E-state index contributed by atoms with van der Waals surface area (Å²) >= 11 is 9.48. The van der Waals surface area contributed by atoms with Crippen LogP contribution in [0.4, 0.5) is 5.69 Å². The van der Waals surface area contributed by atoms with Gasteiger partial charge in [-0.1, -0.05) is 29.8 Å².